The first kappa shape index (κ1) is 6.53. The van der Waals surface area contributed by atoms with E-state index in [-0.39, 0.29) is 26.7 Å². The van der Waals surface area contributed by atoms with Crippen molar-refractivity contribution >= 4 is 31.2 Å². The molecule has 0 aliphatic carbocycles. The second-order valence-electron chi connectivity index (χ2n) is 1.30. The van der Waals surface area contributed by atoms with Gasteiger partial charge >= 0.3 is 0 Å². The smallest absolute Gasteiger partial charge is 0.258 e. The van der Waals surface area contributed by atoms with Crippen molar-refractivity contribution in [2.24, 2.45) is 3.21 Å². The standard InChI is InChI=1S/C4H3IN2O2/c8-7(9)4-1-2-5-6-3-4/h1-3H. The van der Waals surface area contributed by atoms with E-state index in [1.807, 2.05) is 0 Å². The maximum Gasteiger partial charge on any atom is 0.288 e. The second kappa shape index (κ2) is 2.81. The molecule has 0 bridgehead atoms. The zero-order valence-corrected chi connectivity index (χ0v) is 6.48. The number of halogens is 1. The van der Waals surface area contributed by atoms with Crippen LogP contribution in [-0.2, 0) is 0 Å². The van der Waals surface area contributed by atoms with Crippen LogP contribution in [0.5, 0.6) is 0 Å². The van der Waals surface area contributed by atoms with Crippen LogP contribution < -0.4 is 0 Å². The Morgan fingerprint density at radius 2 is 2.56 bits per heavy atom. The molecule has 1 aliphatic heterocycles. The molecule has 0 aromatic rings. The highest BCUT2D eigenvalue weighted by Crippen LogP contribution is 2.04. The predicted octanol–water partition coefficient (Wildman–Crippen LogP) is 0.919. The van der Waals surface area contributed by atoms with Crippen molar-refractivity contribution in [3.63, 3.8) is 0 Å². The molecule has 0 amide bonds. The Labute approximate surface area is 61.5 Å². The van der Waals surface area contributed by atoms with Crippen LogP contribution >= 0.6 is 21.0 Å². The molecule has 0 spiro atoms. The molecule has 0 radical (unpaired) electrons. The maximum atomic E-state index is 9.99. The Bertz CT molecular complexity index is 219. The molecule has 4 nitrogen and oxygen atoms in total. The van der Waals surface area contributed by atoms with Gasteiger partial charge in [0.1, 0.15) is 6.21 Å². The van der Waals surface area contributed by atoms with Crippen LogP contribution in [0.4, 0.5) is 0 Å². The third-order valence-corrected chi connectivity index (χ3v) is 2.02. The molecule has 48 valence electrons. The summed E-state index contributed by atoms with van der Waals surface area (Å²) in [6, 6.07) is 0. The summed E-state index contributed by atoms with van der Waals surface area (Å²) in [4.78, 5) is 9.55. The SMILES string of the molecule is O=[N+]([O-])C1=CC=IN=C1. The van der Waals surface area contributed by atoms with Crippen molar-refractivity contribution < 1.29 is 4.92 Å². The zero-order chi connectivity index (χ0) is 6.69. The fraction of sp³-hybridized carbons (Fsp3) is 0. The molecule has 0 saturated heterocycles. The number of nitrogens with zero attached hydrogens (tertiary/aromatic N) is 2. The summed E-state index contributed by atoms with van der Waals surface area (Å²) in [5.74, 6) is 0. The molecular formula is C4H3IN2O2. The van der Waals surface area contributed by atoms with E-state index in [4.69, 9.17) is 0 Å². The van der Waals surface area contributed by atoms with Crippen molar-refractivity contribution in [1.29, 1.82) is 0 Å². The van der Waals surface area contributed by atoms with Crippen molar-refractivity contribution in [3.8, 4) is 0 Å². The van der Waals surface area contributed by atoms with Gasteiger partial charge in [-0.1, -0.05) is 0 Å². The first-order valence-electron chi connectivity index (χ1n) is 2.14. The van der Waals surface area contributed by atoms with Gasteiger partial charge in [0.25, 0.3) is 5.70 Å². The van der Waals surface area contributed by atoms with Gasteiger partial charge in [-0.3, -0.25) is 10.1 Å². The van der Waals surface area contributed by atoms with Gasteiger partial charge in [-0.2, -0.15) is 0 Å². The average Bonchev–Trinajstić information content (AvgIpc) is 1.90. The molecule has 0 aromatic heterocycles. The predicted molar refractivity (Wildman–Crippen MR) is 43.7 cm³/mol. The Hall–Kier alpha value is -0.590. The van der Waals surface area contributed by atoms with Gasteiger partial charge in [0, 0.05) is 27.1 Å². The lowest BCUT2D eigenvalue weighted by Crippen LogP contribution is -2.00. The van der Waals surface area contributed by atoms with Gasteiger partial charge in [0.15, 0.2) is 0 Å². The summed E-state index contributed by atoms with van der Waals surface area (Å²) in [5.41, 5.74) is 0.0842. The molecule has 1 heterocycles. The van der Waals surface area contributed by atoms with Crippen molar-refractivity contribution in [2.75, 3.05) is 0 Å². The third-order valence-electron chi connectivity index (χ3n) is 0.738. The van der Waals surface area contributed by atoms with E-state index in [0.717, 1.165) is 0 Å². The van der Waals surface area contributed by atoms with Crippen molar-refractivity contribution in [1.82, 2.24) is 0 Å². The molecule has 0 saturated carbocycles. The summed E-state index contributed by atoms with van der Waals surface area (Å²) in [6.07, 6.45) is 2.81. The second-order valence-corrected chi connectivity index (χ2v) is 3.13. The molecular weight excluding hydrogens is 235 g/mol. The van der Waals surface area contributed by atoms with Crippen LogP contribution in [0.15, 0.2) is 15.0 Å². The van der Waals surface area contributed by atoms with E-state index in [2.05, 4.69) is 3.21 Å². The molecule has 0 N–H and O–H groups in total. The molecule has 0 aromatic carbocycles. The Morgan fingerprint density at radius 1 is 1.78 bits per heavy atom. The van der Waals surface area contributed by atoms with Gasteiger partial charge in [-0.15, -0.1) is 0 Å². The fourth-order valence-electron chi connectivity index (χ4n) is 0.354. The average molecular weight is 238 g/mol. The Kier molecular flexibility index (Phi) is 2.04. The van der Waals surface area contributed by atoms with Crippen LogP contribution in [0.3, 0.4) is 0 Å². The van der Waals surface area contributed by atoms with Gasteiger partial charge in [0.2, 0.25) is 0 Å². The highest BCUT2D eigenvalue weighted by molar-refractivity contribution is 14.2. The Morgan fingerprint density at radius 3 is 2.89 bits per heavy atom. The molecule has 0 fully saturated rings. The summed E-state index contributed by atoms with van der Waals surface area (Å²) in [7, 11) is 0. The highest BCUT2D eigenvalue weighted by Gasteiger charge is 2.05. The first-order chi connectivity index (χ1) is 4.30. The first-order valence-corrected chi connectivity index (χ1v) is 4.36. The van der Waals surface area contributed by atoms with Crippen LogP contribution in [0.2, 0.25) is 0 Å². The highest BCUT2D eigenvalue weighted by atomic mass is 127. The number of nitro groups is 1. The fourth-order valence-corrected chi connectivity index (χ4v) is 1.52. The van der Waals surface area contributed by atoms with Crippen LogP contribution in [0, 0.1) is 10.1 Å². The lowest BCUT2D eigenvalue weighted by atomic mass is 10.5. The van der Waals surface area contributed by atoms with Gasteiger partial charge in [-0.05, 0) is 4.01 Å². The molecule has 0 atom stereocenters. The molecule has 1 rings (SSSR count). The minimum atomic E-state index is -0.442. The molecule has 0 unspecified atom stereocenters. The number of hydrogen-bond acceptors (Lipinski definition) is 3. The lowest BCUT2D eigenvalue weighted by Gasteiger charge is -1.88. The van der Waals surface area contributed by atoms with E-state index < -0.39 is 4.92 Å². The number of rotatable bonds is 1. The summed E-state index contributed by atoms with van der Waals surface area (Å²) in [6.45, 7) is 0. The van der Waals surface area contributed by atoms with Gasteiger partial charge < -0.3 is 0 Å². The van der Waals surface area contributed by atoms with E-state index in [1.54, 1.807) is 4.01 Å². The van der Waals surface area contributed by atoms with E-state index in [9.17, 15) is 10.1 Å². The van der Waals surface area contributed by atoms with Crippen molar-refractivity contribution in [3.05, 3.63) is 21.9 Å². The quantitative estimate of drug-likeness (QED) is 0.387. The minimum Gasteiger partial charge on any atom is -0.258 e. The summed E-state index contributed by atoms with van der Waals surface area (Å²) >= 11 is -0.274. The summed E-state index contributed by atoms with van der Waals surface area (Å²) in [5, 5.41) is 9.99. The van der Waals surface area contributed by atoms with Gasteiger partial charge in [0.05, 0.1) is 4.92 Å². The van der Waals surface area contributed by atoms with Crippen LogP contribution in [-0.4, -0.2) is 15.1 Å². The van der Waals surface area contributed by atoms with E-state index in [1.165, 1.54) is 12.3 Å². The largest absolute Gasteiger partial charge is 0.288 e. The zero-order valence-electron chi connectivity index (χ0n) is 4.32. The Balaban J connectivity index is 2.84. The third kappa shape index (κ3) is 1.67. The number of hydrogen-bond donors (Lipinski definition) is 0. The van der Waals surface area contributed by atoms with Crippen molar-refractivity contribution in [2.45, 2.75) is 0 Å². The molecule has 9 heavy (non-hydrogen) atoms. The maximum absolute atomic E-state index is 9.99. The molecule has 5 heteroatoms. The monoisotopic (exact) mass is 238 g/mol. The van der Waals surface area contributed by atoms with E-state index in [0.29, 0.717) is 0 Å². The number of allylic oxidation sites excluding steroid dienone is 2. The van der Waals surface area contributed by atoms with Crippen LogP contribution in [0.25, 0.3) is 0 Å². The normalized spacial score (nSPS) is 16.2. The summed E-state index contributed by atoms with van der Waals surface area (Å²) < 4.78 is 5.56. The molecule has 1 aliphatic rings. The van der Waals surface area contributed by atoms with Crippen LogP contribution in [0.1, 0.15) is 0 Å². The van der Waals surface area contributed by atoms with Gasteiger partial charge in [-0.25, -0.2) is 3.21 Å². The lowest BCUT2D eigenvalue weighted by molar-refractivity contribution is -0.414. The topological polar surface area (TPSA) is 55.5 Å². The van der Waals surface area contributed by atoms with E-state index >= 15 is 0 Å². The minimum absolute atomic E-state index is 0.0842.